The van der Waals surface area contributed by atoms with Crippen LogP contribution in [-0.4, -0.2) is 22.0 Å². The minimum Gasteiger partial charge on any atom is -0.477 e. The van der Waals surface area contributed by atoms with E-state index in [4.69, 9.17) is 5.11 Å². The van der Waals surface area contributed by atoms with Gasteiger partial charge in [-0.15, -0.1) is 0 Å². The number of halogens is 1. The van der Waals surface area contributed by atoms with Crippen molar-refractivity contribution >= 4 is 17.3 Å². The number of carboxylic acids is 1. The number of carboxylic acid groups (broad SMARTS) is 1. The normalized spacial score (nSPS) is 19.8. The van der Waals surface area contributed by atoms with Gasteiger partial charge in [0.15, 0.2) is 5.82 Å². The maximum absolute atomic E-state index is 13.7. The van der Waals surface area contributed by atoms with Crippen LogP contribution in [0.3, 0.4) is 0 Å². The summed E-state index contributed by atoms with van der Waals surface area (Å²) in [5.41, 5.74) is -1.26. The smallest absolute Gasteiger partial charge is 0.342 e. The molecule has 1 saturated carbocycles. The van der Waals surface area contributed by atoms with Gasteiger partial charge in [0.1, 0.15) is 5.56 Å². The van der Waals surface area contributed by atoms with E-state index in [1.165, 1.54) is 0 Å². The van der Waals surface area contributed by atoms with Crippen LogP contribution in [0.2, 0.25) is 0 Å². The Labute approximate surface area is 108 Å². The highest BCUT2D eigenvalue weighted by Gasteiger charge is 2.46. The second-order valence-electron chi connectivity index (χ2n) is 5.30. The summed E-state index contributed by atoms with van der Waals surface area (Å²) in [6, 6.07) is 1.66. The molecule has 1 fully saturated rings. The van der Waals surface area contributed by atoms with Gasteiger partial charge in [0, 0.05) is 6.04 Å². The van der Waals surface area contributed by atoms with Crippen molar-refractivity contribution in [3.8, 4) is 0 Å². The molecule has 1 atom stereocenters. The largest absolute Gasteiger partial charge is 0.477 e. The molecule has 0 aromatic heterocycles. The summed E-state index contributed by atoms with van der Waals surface area (Å²) in [4.78, 5) is 20.7. The molecule has 7 heteroatoms. The third-order valence-electron chi connectivity index (χ3n) is 3.36. The summed E-state index contributed by atoms with van der Waals surface area (Å²) in [5, 5.41) is 22.5. The van der Waals surface area contributed by atoms with Gasteiger partial charge in [0.05, 0.1) is 16.7 Å². The highest BCUT2D eigenvalue weighted by Crippen LogP contribution is 2.47. The van der Waals surface area contributed by atoms with Crippen molar-refractivity contribution in [1.82, 2.24) is 0 Å². The first-order valence-electron chi connectivity index (χ1n) is 5.70. The van der Waals surface area contributed by atoms with Crippen LogP contribution >= 0.6 is 0 Å². The Hall–Kier alpha value is -2.18. The van der Waals surface area contributed by atoms with Crippen molar-refractivity contribution in [3.05, 3.63) is 33.6 Å². The Morgan fingerprint density at radius 3 is 2.58 bits per heavy atom. The van der Waals surface area contributed by atoms with Gasteiger partial charge in [-0.2, -0.15) is 0 Å². The Kier molecular flexibility index (Phi) is 2.92. The van der Waals surface area contributed by atoms with Gasteiger partial charge >= 0.3 is 5.97 Å². The molecule has 0 radical (unpaired) electrons. The zero-order chi connectivity index (χ0) is 14.4. The van der Waals surface area contributed by atoms with Gasteiger partial charge in [0.25, 0.3) is 5.69 Å². The zero-order valence-electron chi connectivity index (χ0n) is 10.4. The maximum Gasteiger partial charge on any atom is 0.342 e. The fraction of sp³-hybridized carbons (Fsp3) is 0.417. The Morgan fingerprint density at radius 1 is 1.58 bits per heavy atom. The minimum atomic E-state index is -1.45. The van der Waals surface area contributed by atoms with E-state index >= 15 is 0 Å². The summed E-state index contributed by atoms with van der Waals surface area (Å²) >= 11 is 0. The Morgan fingerprint density at radius 2 is 2.16 bits per heavy atom. The molecule has 6 nitrogen and oxygen atoms in total. The molecule has 0 amide bonds. The van der Waals surface area contributed by atoms with E-state index in [-0.39, 0.29) is 17.1 Å². The molecule has 2 rings (SSSR count). The zero-order valence-corrected chi connectivity index (χ0v) is 10.4. The molecule has 1 aromatic carbocycles. The molecule has 0 saturated heterocycles. The molecule has 0 heterocycles. The summed E-state index contributed by atoms with van der Waals surface area (Å²) < 4.78 is 13.7. The molecule has 102 valence electrons. The van der Waals surface area contributed by atoms with E-state index < -0.39 is 28.0 Å². The lowest BCUT2D eigenvalue weighted by atomic mass is 10.1. The number of benzene rings is 1. The molecule has 0 spiro atoms. The van der Waals surface area contributed by atoms with Crippen molar-refractivity contribution in [1.29, 1.82) is 0 Å². The van der Waals surface area contributed by atoms with Crippen molar-refractivity contribution in [2.45, 2.75) is 26.3 Å². The standard InChI is InChI=1S/C12H13FN2O4/c1-12(2)5-10(12)14-8-3-6(11(16)17)9(15(18)19)4-7(8)13/h3-4,10,14H,5H2,1-2H3,(H,16,17). The van der Waals surface area contributed by atoms with E-state index in [1.807, 2.05) is 13.8 Å². The number of nitrogens with one attached hydrogen (secondary N) is 1. The monoisotopic (exact) mass is 268 g/mol. The van der Waals surface area contributed by atoms with Crippen molar-refractivity contribution < 1.29 is 19.2 Å². The lowest BCUT2D eigenvalue weighted by Gasteiger charge is -2.10. The van der Waals surface area contributed by atoms with Crippen LogP contribution in [0.25, 0.3) is 0 Å². The first kappa shape index (κ1) is 13.3. The molecular formula is C12H13FN2O4. The summed E-state index contributed by atoms with van der Waals surface area (Å²) in [7, 11) is 0. The molecule has 19 heavy (non-hydrogen) atoms. The summed E-state index contributed by atoms with van der Waals surface area (Å²) in [6.45, 7) is 3.98. The van der Waals surface area contributed by atoms with Crippen LogP contribution < -0.4 is 5.32 Å². The molecule has 1 aromatic rings. The number of anilines is 1. The number of nitro groups is 1. The first-order valence-corrected chi connectivity index (χ1v) is 5.70. The van der Waals surface area contributed by atoms with Gasteiger partial charge in [-0.05, 0) is 17.9 Å². The third-order valence-corrected chi connectivity index (χ3v) is 3.36. The van der Waals surface area contributed by atoms with Crippen LogP contribution in [0.4, 0.5) is 15.8 Å². The van der Waals surface area contributed by atoms with Gasteiger partial charge < -0.3 is 10.4 Å². The number of carbonyl (C=O) groups is 1. The van der Waals surface area contributed by atoms with E-state index in [9.17, 15) is 19.3 Å². The molecule has 1 aliphatic rings. The Balaban J connectivity index is 2.38. The number of aromatic carboxylic acids is 1. The molecule has 0 aliphatic heterocycles. The third kappa shape index (κ3) is 2.49. The topological polar surface area (TPSA) is 92.5 Å². The van der Waals surface area contributed by atoms with Crippen LogP contribution in [-0.2, 0) is 0 Å². The summed E-state index contributed by atoms with van der Waals surface area (Å²) in [6.07, 6.45) is 0.839. The van der Waals surface area contributed by atoms with E-state index in [1.54, 1.807) is 0 Å². The van der Waals surface area contributed by atoms with Crippen molar-refractivity contribution in [3.63, 3.8) is 0 Å². The fourth-order valence-electron chi connectivity index (χ4n) is 1.90. The molecule has 0 bridgehead atoms. The van der Waals surface area contributed by atoms with Gasteiger partial charge in [-0.1, -0.05) is 13.8 Å². The number of nitrogens with zero attached hydrogens (tertiary/aromatic N) is 1. The molecule has 1 unspecified atom stereocenters. The first-order chi connectivity index (χ1) is 8.72. The fourth-order valence-corrected chi connectivity index (χ4v) is 1.90. The van der Waals surface area contributed by atoms with Crippen LogP contribution in [0.1, 0.15) is 30.6 Å². The van der Waals surface area contributed by atoms with Crippen molar-refractivity contribution in [2.75, 3.05) is 5.32 Å². The number of hydrogen-bond acceptors (Lipinski definition) is 4. The highest BCUT2D eigenvalue weighted by molar-refractivity contribution is 5.93. The average molecular weight is 268 g/mol. The summed E-state index contributed by atoms with van der Waals surface area (Å²) in [5.74, 6) is -2.27. The van der Waals surface area contributed by atoms with Gasteiger partial charge in [0.2, 0.25) is 0 Å². The lowest BCUT2D eigenvalue weighted by molar-refractivity contribution is -0.385. The average Bonchev–Trinajstić information content (AvgIpc) is 2.87. The minimum absolute atomic E-state index is 0.0152. The van der Waals surface area contributed by atoms with E-state index in [0.717, 1.165) is 12.5 Å². The maximum atomic E-state index is 13.7. The van der Waals surface area contributed by atoms with Crippen molar-refractivity contribution in [2.24, 2.45) is 5.41 Å². The van der Waals surface area contributed by atoms with E-state index in [2.05, 4.69) is 5.32 Å². The molecule has 2 N–H and O–H groups in total. The second-order valence-corrected chi connectivity index (χ2v) is 5.30. The van der Waals surface area contributed by atoms with E-state index in [0.29, 0.717) is 6.07 Å². The second kappa shape index (κ2) is 4.18. The SMILES string of the molecule is CC1(C)CC1Nc1cc(C(=O)O)c([N+](=O)[O-])cc1F. The number of nitro benzene ring substituents is 1. The number of hydrogen-bond donors (Lipinski definition) is 2. The van der Waals surface area contributed by atoms with Gasteiger partial charge in [-0.25, -0.2) is 9.18 Å². The van der Waals surface area contributed by atoms with Gasteiger partial charge in [-0.3, -0.25) is 10.1 Å². The predicted molar refractivity (Wildman–Crippen MR) is 65.8 cm³/mol. The van der Waals surface area contributed by atoms with Crippen LogP contribution in [0.5, 0.6) is 0 Å². The quantitative estimate of drug-likeness (QED) is 0.646. The molecular weight excluding hydrogens is 255 g/mol. The predicted octanol–water partition coefficient (Wildman–Crippen LogP) is 2.64. The highest BCUT2D eigenvalue weighted by atomic mass is 19.1. The lowest BCUT2D eigenvalue weighted by Crippen LogP contribution is -2.12. The van der Waals surface area contributed by atoms with Crippen LogP contribution in [0, 0.1) is 21.3 Å². The van der Waals surface area contributed by atoms with Crippen LogP contribution in [0.15, 0.2) is 12.1 Å². The number of rotatable bonds is 4. The Bertz CT molecular complexity index is 571. The molecule has 1 aliphatic carbocycles.